The highest BCUT2D eigenvalue weighted by molar-refractivity contribution is 7.20. The van der Waals surface area contributed by atoms with Gasteiger partial charge < -0.3 is 14.8 Å². The van der Waals surface area contributed by atoms with Gasteiger partial charge in [-0.05, 0) is 75.3 Å². The molecule has 3 atom stereocenters. The number of Topliss-reactive ketones (excluding diaryl/α,β-unsaturated/α-hetero) is 3. The number of aryl methyl sites for hydroxylation is 2. The Bertz CT molecular complexity index is 1580. The van der Waals surface area contributed by atoms with Gasteiger partial charge in [-0.25, -0.2) is 4.79 Å². The number of hydrogen-bond acceptors (Lipinski definition) is 9. The second-order valence-corrected chi connectivity index (χ2v) is 13.4. The molecule has 2 aromatic heterocycles. The molecule has 1 saturated carbocycles. The van der Waals surface area contributed by atoms with E-state index in [9.17, 15) is 24.0 Å². The fourth-order valence-corrected chi connectivity index (χ4v) is 6.93. The Morgan fingerprint density at radius 1 is 1.11 bits per heavy atom. The second-order valence-electron chi connectivity index (χ2n) is 12.3. The van der Waals surface area contributed by atoms with Crippen LogP contribution in [0.25, 0.3) is 10.1 Å². The van der Waals surface area contributed by atoms with Crippen molar-refractivity contribution in [1.82, 2.24) is 10.3 Å². The summed E-state index contributed by atoms with van der Waals surface area (Å²) in [6.45, 7) is 6.95. The van der Waals surface area contributed by atoms with Crippen molar-refractivity contribution in [3.8, 4) is 5.75 Å². The Kier molecular flexibility index (Phi) is 11.6. The average molecular weight is 635 g/mol. The summed E-state index contributed by atoms with van der Waals surface area (Å²) in [4.78, 5) is 70.8. The summed E-state index contributed by atoms with van der Waals surface area (Å²) in [5.41, 5.74) is 1.68. The van der Waals surface area contributed by atoms with Crippen LogP contribution in [0.1, 0.15) is 90.1 Å². The highest BCUT2D eigenvalue weighted by Gasteiger charge is 2.33. The molecule has 1 fully saturated rings. The van der Waals surface area contributed by atoms with Crippen molar-refractivity contribution < 1.29 is 33.4 Å². The second kappa shape index (κ2) is 15.4. The minimum Gasteiger partial charge on any atom is -0.496 e. The Balaban J connectivity index is 1.50. The molecule has 0 aliphatic heterocycles. The monoisotopic (exact) mass is 634 g/mol. The van der Waals surface area contributed by atoms with Crippen LogP contribution in [0, 0.1) is 31.6 Å². The SMILES string of the molecule is COc1cccc2sc(C(=O)C[C@@H](CC(C)C)C(=O)N[C@@H](C[C@@H]3CCCCC3=O)C(=O)COC(=O)c3cnc(C)cc3C)cc12. The van der Waals surface area contributed by atoms with Gasteiger partial charge in [-0.2, -0.15) is 0 Å². The van der Waals surface area contributed by atoms with Crippen LogP contribution in [0.4, 0.5) is 0 Å². The van der Waals surface area contributed by atoms with Crippen LogP contribution in [0.15, 0.2) is 36.5 Å². The number of amides is 1. The van der Waals surface area contributed by atoms with E-state index in [2.05, 4.69) is 10.3 Å². The fourth-order valence-electron chi connectivity index (χ4n) is 5.90. The number of carbonyl (C=O) groups excluding carboxylic acids is 5. The van der Waals surface area contributed by atoms with E-state index in [1.54, 1.807) is 26.2 Å². The fraction of sp³-hybridized carbons (Fsp3) is 0.486. The average Bonchev–Trinajstić information content (AvgIpc) is 3.45. The van der Waals surface area contributed by atoms with Crippen LogP contribution < -0.4 is 10.1 Å². The number of methoxy groups -OCH3 is 1. The van der Waals surface area contributed by atoms with Crippen molar-refractivity contribution in [3.63, 3.8) is 0 Å². The molecule has 10 heteroatoms. The summed E-state index contributed by atoms with van der Waals surface area (Å²) in [6.07, 6.45) is 4.70. The van der Waals surface area contributed by atoms with Gasteiger partial charge in [0.15, 0.2) is 18.2 Å². The predicted octanol–water partition coefficient (Wildman–Crippen LogP) is 6.22. The number of rotatable bonds is 14. The third-order valence-electron chi connectivity index (χ3n) is 8.29. The first-order chi connectivity index (χ1) is 21.5. The van der Waals surface area contributed by atoms with Crippen LogP contribution in [0.2, 0.25) is 0 Å². The Labute approximate surface area is 268 Å². The van der Waals surface area contributed by atoms with Crippen molar-refractivity contribution in [2.45, 2.75) is 78.7 Å². The largest absolute Gasteiger partial charge is 0.496 e. The number of aromatic nitrogens is 1. The zero-order chi connectivity index (χ0) is 32.7. The lowest BCUT2D eigenvalue weighted by atomic mass is 9.82. The molecule has 1 N–H and O–H groups in total. The molecule has 0 radical (unpaired) electrons. The summed E-state index contributed by atoms with van der Waals surface area (Å²) in [6, 6.07) is 8.14. The lowest BCUT2D eigenvalue weighted by Gasteiger charge is -2.27. The van der Waals surface area contributed by atoms with Crippen molar-refractivity contribution in [2.24, 2.45) is 17.8 Å². The zero-order valence-electron chi connectivity index (χ0n) is 26.6. The predicted molar refractivity (Wildman–Crippen MR) is 173 cm³/mol. The first-order valence-electron chi connectivity index (χ1n) is 15.5. The first-order valence-corrected chi connectivity index (χ1v) is 16.3. The zero-order valence-corrected chi connectivity index (χ0v) is 27.5. The molecule has 2 heterocycles. The lowest BCUT2D eigenvalue weighted by molar-refractivity contribution is -0.133. The minimum absolute atomic E-state index is 0.0306. The maximum Gasteiger partial charge on any atom is 0.340 e. The van der Waals surface area contributed by atoms with E-state index in [1.165, 1.54) is 17.5 Å². The van der Waals surface area contributed by atoms with Gasteiger partial charge in [-0.3, -0.25) is 24.2 Å². The van der Waals surface area contributed by atoms with E-state index in [0.717, 1.165) is 28.6 Å². The molecule has 0 bridgehead atoms. The van der Waals surface area contributed by atoms with Crippen molar-refractivity contribution >= 4 is 50.6 Å². The van der Waals surface area contributed by atoms with Crippen LogP contribution >= 0.6 is 11.3 Å². The molecule has 1 aromatic carbocycles. The normalized spacial score (nSPS) is 16.3. The van der Waals surface area contributed by atoms with Gasteiger partial charge in [0.25, 0.3) is 0 Å². The van der Waals surface area contributed by atoms with E-state index >= 15 is 0 Å². The number of pyridine rings is 1. The van der Waals surface area contributed by atoms with Crippen LogP contribution in [-0.4, -0.2) is 54.0 Å². The molecule has 240 valence electrons. The van der Waals surface area contributed by atoms with Gasteiger partial charge in [-0.15, -0.1) is 11.3 Å². The van der Waals surface area contributed by atoms with Crippen molar-refractivity contribution in [1.29, 1.82) is 0 Å². The third-order valence-corrected chi connectivity index (χ3v) is 9.44. The van der Waals surface area contributed by atoms with E-state index in [1.807, 2.05) is 39.0 Å². The number of ketones is 3. The Morgan fingerprint density at radius 3 is 2.58 bits per heavy atom. The molecular weight excluding hydrogens is 592 g/mol. The van der Waals surface area contributed by atoms with Gasteiger partial charge in [0.2, 0.25) is 5.91 Å². The molecule has 45 heavy (non-hydrogen) atoms. The molecule has 0 spiro atoms. The van der Waals surface area contributed by atoms with Gasteiger partial charge in [0.1, 0.15) is 11.5 Å². The standard InChI is InChI=1S/C35H42N2O7S/c1-20(2)13-24(16-29(39)33-17-25-31(43-5)11-8-12-32(25)45-33)34(41)37-27(15-23-9-6-7-10-28(23)38)30(40)19-44-35(42)26-18-36-22(4)14-21(26)3/h8,11-12,14,17-18,20,23-24,27H,6-7,9-10,13,15-16,19H2,1-5H3,(H,37,41)/t23-,24+,27-/m0/s1. The number of ether oxygens (including phenoxy) is 2. The van der Waals surface area contributed by atoms with Gasteiger partial charge in [0.05, 0.1) is 23.6 Å². The highest BCUT2D eigenvalue weighted by Crippen LogP contribution is 2.34. The summed E-state index contributed by atoms with van der Waals surface area (Å²) in [5.74, 6) is -1.99. The number of thiophene rings is 1. The van der Waals surface area contributed by atoms with Crippen LogP contribution in [0.3, 0.4) is 0 Å². The van der Waals surface area contributed by atoms with E-state index < -0.39 is 36.2 Å². The van der Waals surface area contributed by atoms with E-state index in [-0.39, 0.29) is 41.8 Å². The molecule has 4 rings (SSSR count). The molecule has 0 unspecified atom stereocenters. The van der Waals surface area contributed by atoms with Crippen molar-refractivity contribution in [3.05, 3.63) is 58.2 Å². The maximum atomic E-state index is 13.8. The topological polar surface area (TPSA) is 129 Å². The van der Waals surface area contributed by atoms with Gasteiger partial charge in [0, 0.05) is 46.7 Å². The Hall–Kier alpha value is -3.92. The molecule has 1 aliphatic carbocycles. The molecule has 1 aliphatic rings. The summed E-state index contributed by atoms with van der Waals surface area (Å²) in [7, 11) is 1.58. The molecule has 3 aromatic rings. The number of nitrogens with one attached hydrogen (secondary N) is 1. The molecule has 0 saturated heterocycles. The maximum absolute atomic E-state index is 13.8. The number of carbonyl (C=O) groups is 5. The Morgan fingerprint density at radius 2 is 1.89 bits per heavy atom. The quantitative estimate of drug-likeness (QED) is 0.164. The lowest BCUT2D eigenvalue weighted by Crippen LogP contribution is -2.47. The smallest absolute Gasteiger partial charge is 0.340 e. The van der Waals surface area contributed by atoms with E-state index in [4.69, 9.17) is 9.47 Å². The number of benzene rings is 1. The number of nitrogens with zero attached hydrogens (tertiary/aromatic N) is 1. The molecule has 1 amide bonds. The van der Waals surface area contributed by atoms with Crippen LogP contribution in [-0.2, 0) is 19.1 Å². The van der Waals surface area contributed by atoms with Gasteiger partial charge >= 0.3 is 5.97 Å². The number of esters is 1. The summed E-state index contributed by atoms with van der Waals surface area (Å²) in [5, 5.41) is 3.70. The highest BCUT2D eigenvalue weighted by atomic mass is 32.1. The first kappa shape index (κ1) is 34.0. The third kappa shape index (κ3) is 8.84. The van der Waals surface area contributed by atoms with Crippen LogP contribution in [0.5, 0.6) is 5.75 Å². The summed E-state index contributed by atoms with van der Waals surface area (Å²) < 4.78 is 11.7. The molecular formula is C35H42N2O7S. The molecule has 9 nitrogen and oxygen atoms in total. The van der Waals surface area contributed by atoms with E-state index in [0.29, 0.717) is 35.5 Å². The summed E-state index contributed by atoms with van der Waals surface area (Å²) >= 11 is 1.35. The number of fused-ring (bicyclic) bond motifs is 1. The van der Waals surface area contributed by atoms with Crippen molar-refractivity contribution in [2.75, 3.05) is 13.7 Å². The minimum atomic E-state index is -1.03. The number of hydrogen-bond donors (Lipinski definition) is 1. The van der Waals surface area contributed by atoms with Gasteiger partial charge in [-0.1, -0.05) is 26.3 Å².